The quantitative estimate of drug-likeness (QED) is 0.237. The van der Waals surface area contributed by atoms with E-state index >= 15 is 0 Å². The van der Waals surface area contributed by atoms with E-state index in [1.54, 1.807) is 0 Å². The summed E-state index contributed by atoms with van der Waals surface area (Å²) < 4.78 is 55.6. The lowest BCUT2D eigenvalue weighted by atomic mass is 9.85. The molecule has 0 aromatic heterocycles. The standard InChI is InChI=1S/C20H21ClF3NO8/c1-10(31-16(26)5-6-30-25(28)29)32-18(27)12-7-11-8-14(21)13(19(2,3)4)9-15(11)33-17(12)20(22,23)24/h7-10,17H,5-6H2,1-4H3. The Balaban J connectivity index is 2.24. The first-order valence-electron chi connectivity index (χ1n) is 9.56. The highest BCUT2D eigenvalue weighted by atomic mass is 35.5. The van der Waals surface area contributed by atoms with E-state index in [2.05, 4.69) is 4.84 Å². The van der Waals surface area contributed by atoms with Crippen LogP contribution in [0.15, 0.2) is 17.7 Å². The van der Waals surface area contributed by atoms with Gasteiger partial charge in [0.1, 0.15) is 12.4 Å². The van der Waals surface area contributed by atoms with Crippen LogP contribution in [0.5, 0.6) is 5.75 Å². The maximum atomic E-state index is 13.7. The van der Waals surface area contributed by atoms with Gasteiger partial charge in [0, 0.05) is 17.5 Å². The fraction of sp³-hybridized carbons (Fsp3) is 0.500. The Labute approximate surface area is 191 Å². The van der Waals surface area contributed by atoms with E-state index in [4.69, 9.17) is 25.8 Å². The first kappa shape index (κ1) is 26.2. The third-order valence-corrected chi connectivity index (χ3v) is 4.66. The van der Waals surface area contributed by atoms with Crippen molar-refractivity contribution in [1.29, 1.82) is 0 Å². The molecule has 182 valence electrons. The van der Waals surface area contributed by atoms with Crippen LogP contribution in [0.25, 0.3) is 6.08 Å². The molecule has 13 heteroatoms. The first-order chi connectivity index (χ1) is 15.1. The molecular weight excluding hydrogens is 475 g/mol. The summed E-state index contributed by atoms with van der Waals surface area (Å²) in [5, 5.41) is 9.22. The highest BCUT2D eigenvalue weighted by Gasteiger charge is 2.49. The van der Waals surface area contributed by atoms with Crippen molar-refractivity contribution in [2.45, 2.75) is 58.1 Å². The summed E-state index contributed by atoms with van der Waals surface area (Å²) >= 11 is 6.27. The fourth-order valence-electron chi connectivity index (χ4n) is 2.89. The highest BCUT2D eigenvalue weighted by Crippen LogP contribution is 2.42. The van der Waals surface area contributed by atoms with Gasteiger partial charge < -0.3 is 19.0 Å². The van der Waals surface area contributed by atoms with Gasteiger partial charge in [0.05, 0.1) is 12.0 Å². The van der Waals surface area contributed by atoms with E-state index in [-0.39, 0.29) is 16.3 Å². The second kappa shape index (κ2) is 9.86. The molecule has 0 spiro atoms. The van der Waals surface area contributed by atoms with Gasteiger partial charge in [-0.2, -0.15) is 13.2 Å². The average molecular weight is 496 g/mol. The number of esters is 2. The summed E-state index contributed by atoms with van der Waals surface area (Å²) in [5.41, 5.74) is -0.642. The van der Waals surface area contributed by atoms with Crippen molar-refractivity contribution >= 4 is 29.6 Å². The van der Waals surface area contributed by atoms with Gasteiger partial charge in [-0.3, -0.25) is 4.79 Å². The molecule has 0 saturated heterocycles. The number of carbonyl (C=O) groups is 2. The average Bonchev–Trinajstić information content (AvgIpc) is 2.64. The molecule has 1 aliphatic heterocycles. The first-order valence-corrected chi connectivity index (χ1v) is 9.94. The lowest BCUT2D eigenvalue weighted by Crippen LogP contribution is -2.41. The molecule has 0 fully saturated rings. The van der Waals surface area contributed by atoms with Crippen molar-refractivity contribution in [1.82, 2.24) is 0 Å². The number of hydrogen-bond acceptors (Lipinski definition) is 8. The maximum Gasteiger partial charge on any atom is 0.430 e. The van der Waals surface area contributed by atoms with Gasteiger partial charge in [-0.05, 0) is 29.2 Å². The van der Waals surface area contributed by atoms with Gasteiger partial charge in [0.2, 0.25) is 12.4 Å². The van der Waals surface area contributed by atoms with Crippen molar-refractivity contribution < 1.29 is 46.9 Å². The molecule has 1 aliphatic rings. The Morgan fingerprint density at radius 1 is 1.24 bits per heavy atom. The molecule has 0 bridgehead atoms. The molecule has 2 unspecified atom stereocenters. The number of benzene rings is 1. The molecule has 1 heterocycles. The van der Waals surface area contributed by atoms with Crippen LogP contribution < -0.4 is 4.74 Å². The van der Waals surface area contributed by atoms with E-state index in [1.807, 2.05) is 20.8 Å². The Morgan fingerprint density at radius 2 is 1.88 bits per heavy atom. The van der Waals surface area contributed by atoms with Crippen LogP contribution in [-0.4, -0.2) is 42.2 Å². The topological polar surface area (TPSA) is 114 Å². The Bertz CT molecular complexity index is 971. The van der Waals surface area contributed by atoms with Gasteiger partial charge >= 0.3 is 18.1 Å². The molecule has 0 saturated carbocycles. The summed E-state index contributed by atoms with van der Waals surface area (Å²) in [5.74, 6) is -2.56. The van der Waals surface area contributed by atoms with Crippen LogP contribution in [-0.2, 0) is 29.3 Å². The van der Waals surface area contributed by atoms with E-state index in [0.29, 0.717) is 5.56 Å². The molecule has 1 aromatic rings. The molecule has 0 aliphatic carbocycles. The summed E-state index contributed by atoms with van der Waals surface area (Å²) in [6.07, 6.45) is -8.74. The van der Waals surface area contributed by atoms with Gasteiger partial charge in [0.25, 0.3) is 5.09 Å². The minimum atomic E-state index is -4.95. The lowest BCUT2D eigenvalue weighted by Gasteiger charge is -2.30. The molecule has 0 amide bonds. The molecule has 1 aromatic carbocycles. The van der Waals surface area contributed by atoms with E-state index in [1.165, 1.54) is 12.1 Å². The number of alkyl halides is 3. The van der Waals surface area contributed by atoms with Crippen molar-refractivity contribution in [2.75, 3.05) is 6.61 Å². The summed E-state index contributed by atoms with van der Waals surface area (Å²) in [6, 6.07) is 2.78. The molecule has 9 nitrogen and oxygen atoms in total. The van der Waals surface area contributed by atoms with E-state index in [9.17, 15) is 32.9 Å². The van der Waals surface area contributed by atoms with Gasteiger partial charge in [-0.25, -0.2) is 4.79 Å². The Kier molecular flexibility index (Phi) is 7.83. The predicted octanol–water partition coefficient (Wildman–Crippen LogP) is 4.38. The van der Waals surface area contributed by atoms with Crippen molar-refractivity contribution in [2.24, 2.45) is 0 Å². The molecule has 0 N–H and O–H groups in total. The van der Waals surface area contributed by atoms with Crippen LogP contribution >= 0.6 is 11.6 Å². The number of halogens is 4. The van der Waals surface area contributed by atoms with Gasteiger partial charge in [-0.15, -0.1) is 10.1 Å². The largest absolute Gasteiger partial charge is 0.475 e. The predicted molar refractivity (Wildman–Crippen MR) is 108 cm³/mol. The number of nitrogens with zero attached hydrogens (tertiary/aromatic N) is 1. The molecule has 2 rings (SSSR count). The normalized spacial score (nSPS) is 16.6. The minimum Gasteiger partial charge on any atom is -0.475 e. The number of hydrogen-bond donors (Lipinski definition) is 0. The van der Waals surface area contributed by atoms with Gasteiger partial charge in [-0.1, -0.05) is 32.4 Å². The number of fused-ring (bicyclic) bond motifs is 1. The summed E-state index contributed by atoms with van der Waals surface area (Å²) in [7, 11) is 0. The van der Waals surface area contributed by atoms with Crippen LogP contribution in [0.1, 0.15) is 45.2 Å². The van der Waals surface area contributed by atoms with Crippen LogP contribution in [0.4, 0.5) is 13.2 Å². The third kappa shape index (κ3) is 6.98. The second-order valence-electron chi connectivity index (χ2n) is 8.03. The summed E-state index contributed by atoms with van der Waals surface area (Å²) in [6.45, 7) is 5.98. The van der Waals surface area contributed by atoms with Crippen LogP contribution in [0, 0.1) is 10.1 Å². The molecule has 33 heavy (non-hydrogen) atoms. The van der Waals surface area contributed by atoms with E-state index < -0.39 is 59.6 Å². The number of rotatable bonds is 7. The molecular formula is C20H21ClF3NO8. The monoisotopic (exact) mass is 495 g/mol. The lowest BCUT2D eigenvalue weighted by molar-refractivity contribution is -0.757. The van der Waals surface area contributed by atoms with Crippen molar-refractivity contribution in [3.05, 3.63) is 44.0 Å². The zero-order chi connectivity index (χ0) is 25.1. The second-order valence-corrected chi connectivity index (χ2v) is 8.44. The zero-order valence-corrected chi connectivity index (χ0v) is 18.8. The van der Waals surface area contributed by atoms with Crippen LogP contribution in [0.3, 0.4) is 0 Å². The van der Waals surface area contributed by atoms with Crippen molar-refractivity contribution in [3.8, 4) is 5.75 Å². The molecule has 0 radical (unpaired) electrons. The van der Waals surface area contributed by atoms with Crippen LogP contribution in [0.2, 0.25) is 5.02 Å². The summed E-state index contributed by atoms with van der Waals surface area (Å²) in [4.78, 5) is 38.0. The highest BCUT2D eigenvalue weighted by molar-refractivity contribution is 6.31. The van der Waals surface area contributed by atoms with Crippen molar-refractivity contribution in [3.63, 3.8) is 0 Å². The molecule has 2 atom stereocenters. The number of ether oxygens (including phenoxy) is 3. The fourth-order valence-corrected chi connectivity index (χ4v) is 3.35. The Morgan fingerprint density at radius 3 is 2.42 bits per heavy atom. The smallest absolute Gasteiger partial charge is 0.430 e. The van der Waals surface area contributed by atoms with Gasteiger partial charge in [0.15, 0.2) is 0 Å². The maximum absolute atomic E-state index is 13.7. The van der Waals surface area contributed by atoms with E-state index in [0.717, 1.165) is 13.0 Å². The SMILES string of the molecule is CC(OC(=O)CCO[N+](=O)[O-])OC(=O)C1=Cc2cc(Cl)c(C(C)(C)C)cc2OC1C(F)(F)F. The Hall–Kier alpha value is -3.02. The number of carbonyl (C=O) groups excluding carboxylic acids is 2. The minimum absolute atomic E-state index is 0.103. The third-order valence-electron chi connectivity index (χ3n) is 4.35. The zero-order valence-electron chi connectivity index (χ0n) is 18.0.